The molecule has 2 aromatic carbocycles. The van der Waals surface area contributed by atoms with E-state index in [1.165, 1.54) is 19.8 Å². The van der Waals surface area contributed by atoms with Crippen molar-refractivity contribution in [3.8, 4) is 23.0 Å². The topological polar surface area (TPSA) is 124 Å². The Kier molecular flexibility index (Phi) is 11.3. The van der Waals surface area contributed by atoms with Gasteiger partial charge in [0.15, 0.2) is 11.5 Å². The number of methoxy groups -OCH3 is 3. The first-order chi connectivity index (χ1) is 15.2. The molecule has 0 bridgehead atoms. The van der Waals surface area contributed by atoms with Crippen molar-refractivity contribution in [3.63, 3.8) is 0 Å². The Labute approximate surface area is 183 Å². The second kappa shape index (κ2) is 13.7. The van der Waals surface area contributed by atoms with Crippen LogP contribution in [-0.4, -0.2) is 56.6 Å². The van der Waals surface area contributed by atoms with E-state index < -0.39 is 18.6 Å². The molecule has 0 spiro atoms. The summed E-state index contributed by atoms with van der Waals surface area (Å²) in [6.07, 6.45) is 0.852. The molecule has 0 aliphatic rings. The number of rotatable bonds is 10. The average Bonchev–Trinajstić information content (AvgIpc) is 2.77. The third kappa shape index (κ3) is 9.04. The Morgan fingerprint density at radius 3 is 1.84 bits per heavy atom. The summed E-state index contributed by atoms with van der Waals surface area (Å²) in [5.41, 5.74) is 2.03. The number of benzene rings is 2. The van der Waals surface area contributed by atoms with Crippen LogP contribution in [0.5, 0.6) is 23.0 Å². The molecule has 0 atom stereocenters. The number of aliphatic carboxylic acids is 2. The molecule has 0 radical (unpaired) electrons. The maximum absolute atomic E-state index is 12.6. The lowest BCUT2D eigenvalue weighted by molar-refractivity contribution is -0.159. The van der Waals surface area contributed by atoms with Gasteiger partial charge in [-0.15, -0.1) is 0 Å². The second-order valence-corrected chi connectivity index (χ2v) is 6.09. The molecule has 0 saturated carbocycles. The summed E-state index contributed by atoms with van der Waals surface area (Å²) in [6, 6.07) is 11.2. The number of ether oxygens (including phenoxy) is 4. The van der Waals surface area contributed by atoms with Gasteiger partial charge in [-0.25, -0.2) is 9.59 Å². The highest BCUT2D eigenvalue weighted by molar-refractivity contribution is 6.27. The van der Waals surface area contributed by atoms with E-state index in [-0.39, 0.29) is 17.2 Å². The molecule has 0 heterocycles. The maximum Gasteiger partial charge on any atom is 0.414 e. The normalized spacial score (nSPS) is 10.1. The fourth-order valence-electron chi connectivity index (χ4n) is 2.50. The van der Waals surface area contributed by atoms with Gasteiger partial charge in [0.05, 0.1) is 21.3 Å². The highest BCUT2D eigenvalue weighted by Gasteiger charge is 2.18. The van der Waals surface area contributed by atoms with Gasteiger partial charge in [0, 0.05) is 6.54 Å². The van der Waals surface area contributed by atoms with Gasteiger partial charge in [-0.2, -0.15) is 8.78 Å². The van der Waals surface area contributed by atoms with Crippen molar-refractivity contribution >= 4 is 11.9 Å². The number of halogens is 2. The number of carbonyl (C=O) groups is 2. The monoisotopic (exact) mass is 457 g/mol. The summed E-state index contributed by atoms with van der Waals surface area (Å²) in [6.45, 7) is -1.66. The zero-order valence-electron chi connectivity index (χ0n) is 17.8. The molecule has 0 aliphatic carbocycles. The predicted octanol–water partition coefficient (Wildman–Crippen LogP) is 2.80. The number of nitrogens with one attached hydrogen (secondary N) is 1. The van der Waals surface area contributed by atoms with E-state index in [4.69, 9.17) is 34.0 Å². The summed E-state index contributed by atoms with van der Waals surface area (Å²) in [7, 11) is 4.43. The number of alkyl halides is 2. The van der Waals surface area contributed by atoms with Crippen LogP contribution in [0.4, 0.5) is 8.78 Å². The molecule has 3 N–H and O–H groups in total. The first-order valence-corrected chi connectivity index (χ1v) is 9.21. The van der Waals surface area contributed by atoms with Gasteiger partial charge >= 0.3 is 18.6 Å². The van der Waals surface area contributed by atoms with Gasteiger partial charge in [0.1, 0.15) is 5.75 Å². The van der Waals surface area contributed by atoms with Crippen molar-refractivity contribution < 1.29 is 47.5 Å². The van der Waals surface area contributed by atoms with Crippen LogP contribution in [0.15, 0.2) is 36.4 Å². The highest BCUT2D eigenvalue weighted by Crippen LogP contribution is 2.39. The molecule has 11 heteroatoms. The SMILES string of the molecule is COc1ccc(CCNCc2cc(OC)c(OC(F)F)c(OC)c2)cc1.O=C(O)C(=O)O. The Morgan fingerprint density at radius 2 is 1.44 bits per heavy atom. The molecular weight excluding hydrogens is 432 g/mol. The molecule has 176 valence electrons. The molecule has 0 fully saturated rings. The molecule has 0 aromatic heterocycles. The van der Waals surface area contributed by atoms with Gasteiger partial charge in [-0.05, 0) is 48.4 Å². The van der Waals surface area contributed by atoms with Crippen molar-refractivity contribution in [2.24, 2.45) is 0 Å². The van der Waals surface area contributed by atoms with Crippen LogP contribution in [0.2, 0.25) is 0 Å². The zero-order chi connectivity index (χ0) is 24.1. The van der Waals surface area contributed by atoms with E-state index in [1.54, 1.807) is 19.2 Å². The standard InChI is InChI=1S/C19H23F2NO4.C2H2O4/c1-23-15-6-4-13(5-7-15)8-9-22-12-14-10-16(24-2)18(26-19(20)21)17(11-14)25-3;3-1(4)2(5)6/h4-7,10-11,19,22H,8-9,12H2,1-3H3;(H,3,4)(H,5,6). The molecule has 2 rings (SSSR count). The third-order valence-electron chi connectivity index (χ3n) is 3.99. The minimum Gasteiger partial charge on any atom is -0.497 e. The van der Waals surface area contributed by atoms with Crippen molar-refractivity contribution in [2.75, 3.05) is 27.9 Å². The predicted molar refractivity (Wildman–Crippen MR) is 110 cm³/mol. The number of hydrogen-bond donors (Lipinski definition) is 3. The molecule has 0 saturated heterocycles. The van der Waals surface area contributed by atoms with E-state index in [0.29, 0.717) is 6.54 Å². The van der Waals surface area contributed by atoms with Crippen LogP contribution in [0.1, 0.15) is 11.1 Å². The Balaban J connectivity index is 0.000000751. The smallest absolute Gasteiger partial charge is 0.414 e. The van der Waals surface area contributed by atoms with Crippen LogP contribution in [0, 0.1) is 0 Å². The van der Waals surface area contributed by atoms with Crippen molar-refractivity contribution in [1.29, 1.82) is 0 Å². The van der Waals surface area contributed by atoms with Gasteiger partial charge in [0.25, 0.3) is 0 Å². The van der Waals surface area contributed by atoms with Crippen molar-refractivity contribution in [3.05, 3.63) is 47.5 Å². The average molecular weight is 457 g/mol. The van der Waals surface area contributed by atoms with Gasteiger partial charge in [0.2, 0.25) is 5.75 Å². The Bertz CT molecular complexity index is 838. The van der Waals surface area contributed by atoms with E-state index in [0.717, 1.165) is 24.3 Å². The van der Waals surface area contributed by atoms with Crippen LogP contribution in [0.3, 0.4) is 0 Å². The third-order valence-corrected chi connectivity index (χ3v) is 3.99. The van der Waals surface area contributed by atoms with Crippen LogP contribution in [-0.2, 0) is 22.6 Å². The molecule has 0 aliphatic heterocycles. The lowest BCUT2D eigenvalue weighted by Gasteiger charge is -2.16. The number of hydrogen-bond acceptors (Lipinski definition) is 7. The summed E-state index contributed by atoms with van der Waals surface area (Å²) >= 11 is 0. The minimum absolute atomic E-state index is 0.105. The number of carboxylic acid groups (broad SMARTS) is 2. The number of carboxylic acids is 2. The van der Waals surface area contributed by atoms with E-state index >= 15 is 0 Å². The fourth-order valence-corrected chi connectivity index (χ4v) is 2.50. The maximum atomic E-state index is 12.6. The summed E-state index contributed by atoms with van der Waals surface area (Å²) in [5, 5.41) is 18.1. The van der Waals surface area contributed by atoms with Crippen LogP contribution in [0.25, 0.3) is 0 Å². The lowest BCUT2D eigenvalue weighted by Crippen LogP contribution is -2.17. The first-order valence-electron chi connectivity index (χ1n) is 9.21. The van der Waals surface area contributed by atoms with Crippen LogP contribution >= 0.6 is 0 Å². The largest absolute Gasteiger partial charge is 0.497 e. The second-order valence-electron chi connectivity index (χ2n) is 6.09. The van der Waals surface area contributed by atoms with Gasteiger partial charge in [-0.1, -0.05) is 12.1 Å². The first kappa shape index (κ1) is 26.4. The van der Waals surface area contributed by atoms with E-state index in [1.807, 2.05) is 24.3 Å². The Morgan fingerprint density at radius 1 is 0.906 bits per heavy atom. The van der Waals surface area contributed by atoms with E-state index in [9.17, 15) is 8.78 Å². The minimum atomic E-state index is -2.95. The highest BCUT2D eigenvalue weighted by atomic mass is 19.3. The molecule has 9 nitrogen and oxygen atoms in total. The molecule has 0 amide bonds. The molecule has 32 heavy (non-hydrogen) atoms. The van der Waals surface area contributed by atoms with E-state index in [2.05, 4.69) is 10.1 Å². The summed E-state index contributed by atoms with van der Waals surface area (Å²) in [4.78, 5) is 18.2. The zero-order valence-corrected chi connectivity index (χ0v) is 17.8. The van der Waals surface area contributed by atoms with Crippen LogP contribution < -0.4 is 24.3 Å². The van der Waals surface area contributed by atoms with Gasteiger partial charge < -0.3 is 34.5 Å². The lowest BCUT2D eigenvalue weighted by atomic mass is 10.1. The summed E-state index contributed by atoms with van der Waals surface area (Å²) in [5.74, 6) is -2.52. The molecule has 0 unspecified atom stereocenters. The molecule has 2 aromatic rings. The van der Waals surface area contributed by atoms with Gasteiger partial charge in [-0.3, -0.25) is 0 Å². The molecular formula is C21H25F2NO8. The summed E-state index contributed by atoms with van der Waals surface area (Å²) < 4.78 is 45.0. The van der Waals surface area contributed by atoms with Crippen molar-refractivity contribution in [1.82, 2.24) is 5.32 Å². The fraction of sp³-hybridized carbons (Fsp3) is 0.333. The van der Waals surface area contributed by atoms with Crippen molar-refractivity contribution in [2.45, 2.75) is 19.6 Å². The quantitative estimate of drug-likeness (QED) is 0.365. The Hall–Kier alpha value is -3.60.